The molecule has 22 heavy (non-hydrogen) atoms. The third-order valence-electron chi connectivity index (χ3n) is 4.13. The van der Waals surface area contributed by atoms with Crippen LogP contribution in [0.2, 0.25) is 0 Å². The maximum Gasteiger partial charge on any atom is 0.278 e. The van der Waals surface area contributed by atoms with Crippen LogP contribution in [0.3, 0.4) is 0 Å². The van der Waals surface area contributed by atoms with Crippen LogP contribution in [0.15, 0.2) is 35.1 Å². The van der Waals surface area contributed by atoms with Gasteiger partial charge >= 0.3 is 0 Å². The quantitative estimate of drug-likeness (QED) is 0.567. The number of fused-ring (bicyclic) bond motifs is 3. The maximum atomic E-state index is 5.42. The van der Waals surface area contributed by atoms with E-state index in [1.165, 1.54) is 0 Å². The third-order valence-corrected chi connectivity index (χ3v) is 4.13. The van der Waals surface area contributed by atoms with Gasteiger partial charge < -0.3 is 4.52 Å². The first-order valence-corrected chi connectivity index (χ1v) is 7.37. The summed E-state index contributed by atoms with van der Waals surface area (Å²) in [5.74, 6) is 1.73. The Morgan fingerprint density at radius 1 is 1.18 bits per heavy atom. The standard InChI is InChI=1S/C16H13N5O/c1-9-14-13(16-19-15(20-22-16)10-6-7-10)17-8-21(14)12-5-3-2-4-11(12)18-9/h2-5,8,10H,6-7H2,1H3. The molecule has 108 valence electrons. The molecule has 3 aromatic heterocycles. The van der Waals surface area contributed by atoms with Crippen LogP contribution in [0.5, 0.6) is 0 Å². The van der Waals surface area contributed by atoms with Gasteiger partial charge in [0.2, 0.25) is 0 Å². The first-order valence-electron chi connectivity index (χ1n) is 7.37. The first-order chi connectivity index (χ1) is 10.8. The second kappa shape index (κ2) is 4.13. The molecule has 0 amide bonds. The Hall–Kier alpha value is -2.76. The molecule has 0 saturated heterocycles. The highest BCUT2D eigenvalue weighted by atomic mass is 16.5. The van der Waals surface area contributed by atoms with Gasteiger partial charge in [0.25, 0.3) is 5.89 Å². The van der Waals surface area contributed by atoms with Crippen LogP contribution in [-0.4, -0.2) is 24.5 Å². The molecule has 0 spiro atoms. The summed E-state index contributed by atoms with van der Waals surface area (Å²) in [6, 6.07) is 8.01. The minimum Gasteiger partial charge on any atom is -0.332 e. The van der Waals surface area contributed by atoms with Gasteiger partial charge in [-0.05, 0) is 31.9 Å². The summed E-state index contributed by atoms with van der Waals surface area (Å²) in [5.41, 5.74) is 4.49. The van der Waals surface area contributed by atoms with Crippen LogP contribution in [0, 0.1) is 6.92 Å². The van der Waals surface area contributed by atoms with E-state index in [0.717, 1.165) is 40.9 Å². The largest absolute Gasteiger partial charge is 0.332 e. The fourth-order valence-corrected chi connectivity index (χ4v) is 2.87. The molecule has 0 bridgehead atoms. The molecule has 5 rings (SSSR count). The molecular weight excluding hydrogens is 278 g/mol. The van der Waals surface area contributed by atoms with E-state index < -0.39 is 0 Å². The predicted molar refractivity (Wildman–Crippen MR) is 80.5 cm³/mol. The van der Waals surface area contributed by atoms with E-state index in [1.807, 2.05) is 35.6 Å². The number of aromatic nitrogens is 5. The minimum absolute atomic E-state index is 0.464. The molecule has 1 fully saturated rings. The lowest BCUT2D eigenvalue weighted by atomic mass is 10.2. The zero-order chi connectivity index (χ0) is 14.7. The van der Waals surface area contributed by atoms with Crippen LogP contribution >= 0.6 is 0 Å². The van der Waals surface area contributed by atoms with Gasteiger partial charge in [-0.1, -0.05) is 17.3 Å². The van der Waals surface area contributed by atoms with Gasteiger partial charge in [0.15, 0.2) is 11.5 Å². The van der Waals surface area contributed by atoms with Crippen LogP contribution < -0.4 is 0 Å². The van der Waals surface area contributed by atoms with Crippen molar-refractivity contribution in [3.63, 3.8) is 0 Å². The highest BCUT2D eigenvalue weighted by molar-refractivity contribution is 5.84. The third kappa shape index (κ3) is 1.60. The van der Waals surface area contributed by atoms with Crippen molar-refractivity contribution >= 4 is 16.6 Å². The maximum absolute atomic E-state index is 5.42. The molecule has 0 unspecified atom stereocenters. The Labute approximate surface area is 125 Å². The van der Waals surface area contributed by atoms with E-state index in [1.54, 1.807) is 6.33 Å². The number of rotatable bonds is 2. The number of benzene rings is 1. The van der Waals surface area contributed by atoms with Crippen molar-refractivity contribution in [2.45, 2.75) is 25.7 Å². The Morgan fingerprint density at radius 3 is 2.91 bits per heavy atom. The summed E-state index contributed by atoms with van der Waals surface area (Å²) >= 11 is 0. The summed E-state index contributed by atoms with van der Waals surface area (Å²) in [4.78, 5) is 13.7. The summed E-state index contributed by atoms with van der Waals surface area (Å²) in [7, 11) is 0. The smallest absolute Gasteiger partial charge is 0.278 e. The summed E-state index contributed by atoms with van der Waals surface area (Å²) in [5, 5.41) is 4.08. The molecule has 1 saturated carbocycles. The summed E-state index contributed by atoms with van der Waals surface area (Å²) < 4.78 is 7.46. The molecule has 3 heterocycles. The zero-order valence-corrected chi connectivity index (χ0v) is 12.0. The van der Waals surface area contributed by atoms with Crippen LogP contribution in [0.1, 0.15) is 30.3 Å². The molecule has 1 aliphatic carbocycles. The molecule has 6 heteroatoms. The van der Waals surface area contributed by atoms with Crippen molar-refractivity contribution in [3.8, 4) is 11.6 Å². The molecular formula is C16H13N5O. The van der Waals surface area contributed by atoms with Gasteiger partial charge in [-0.2, -0.15) is 4.98 Å². The lowest BCUT2D eigenvalue weighted by Gasteiger charge is -2.04. The van der Waals surface area contributed by atoms with Crippen LogP contribution in [0.4, 0.5) is 0 Å². The lowest BCUT2D eigenvalue weighted by molar-refractivity contribution is 0.422. The Morgan fingerprint density at radius 2 is 2.05 bits per heavy atom. The number of para-hydroxylation sites is 2. The molecule has 1 aliphatic rings. The van der Waals surface area contributed by atoms with Crippen molar-refractivity contribution in [2.24, 2.45) is 0 Å². The Balaban J connectivity index is 1.78. The van der Waals surface area contributed by atoms with Gasteiger partial charge in [-0.3, -0.25) is 4.40 Å². The minimum atomic E-state index is 0.464. The fourth-order valence-electron chi connectivity index (χ4n) is 2.87. The number of aryl methyl sites for hydroxylation is 1. The highest BCUT2D eigenvalue weighted by Gasteiger charge is 2.29. The van der Waals surface area contributed by atoms with Crippen LogP contribution in [-0.2, 0) is 0 Å². The predicted octanol–water partition coefficient (Wildman–Crippen LogP) is 3.12. The van der Waals surface area contributed by atoms with E-state index in [-0.39, 0.29) is 0 Å². The molecule has 0 radical (unpaired) electrons. The van der Waals surface area contributed by atoms with E-state index in [0.29, 0.717) is 17.5 Å². The number of imidazole rings is 1. The highest BCUT2D eigenvalue weighted by Crippen LogP contribution is 2.39. The van der Waals surface area contributed by atoms with Gasteiger partial charge in [0.05, 0.1) is 22.2 Å². The van der Waals surface area contributed by atoms with Crippen molar-refractivity contribution in [2.75, 3.05) is 0 Å². The van der Waals surface area contributed by atoms with Gasteiger partial charge in [-0.25, -0.2) is 9.97 Å². The van der Waals surface area contributed by atoms with E-state index in [4.69, 9.17) is 4.52 Å². The summed E-state index contributed by atoms with van der Waals surface area (Å²) in [6.07, 6.45) is 4.09. The molecule has 0 N–H and O–H groups in total. The average Bonchev–Trinajstić information content (AvgIpc) is 3.10. The van der Waals surface area contributed by atoms with Gasteiger partial charge in [0.1, 0.15) is 6.33 Å². The van der Waals surface area contributed by atoms with Crippen LogP contribution in [0.25, 0.3) is 28.1 Å². The Bertz CT molecular complexity index is 1010. The van der Waals surface area contributed by atoms with Crippen molar-refractivity contribution in [1.29, 1.82) is 0 Å². The Kier molecular flexibility index (Phi) is 2.22. The van der Waals surface area contributed by atoms with Crippen molar-refractivity contribution in [1.82, 2.24) is 24.5 Å². The molecule has 6 nitrogen and oxygen atoms in total. The fraction of sp³-hybridized carbons (Fsp3) is 0.250. The zero-order valence-electron chi connectivity index (χ0n) is 12.0. The lowest BCUT2D eigenvalue weighted by Crippen LogP contribution is -1.94. The monoisotopic (exact) mass is 291 g/mol. The van der Waals surface area contributed by atoms with E-state index >= 15 is 0 Å². The normalized spacial score (nSPS) is 15.0. The molecule has 0 aliphatic heterocycles. The van der Waals surface area contributed by atoms with E-state index in [2.05, 4.69) is 20.1 Å². The molecule has 4 aromatic rings. The second-order valence-electron chi connectivity index (χ2n) is 5.73. The number of hydrogen-bond acceptors (Lipinski definition) is 5. The molecule has 1 aromatic carbocycles. The topological polar surface area (TPSA) is 69.1 Å². The molecule has 0 atom stereocenters. The second-order valence-corrected chi connectivity index (χ2v) is 5.73. The van der Waals surface area contributed by atoms with Gasteiger partial charge in [0, 0.05) is 5.92 Å². The number of nitrogens with zero attached hydrogens (tertiary/aromatic N) is 5. The van der Waals surface area contributed by atoms with Gasteiger partial charge in [-0.15, -0.1) is 0 Å². The van der Waals surface area contributed by atoms with E-state index in [9.17, 15) is 0 Å². The average molecular weight is 291 g/mol. The number of hydrogen-bond donors (Lipinski definition) is 0. The SMILES string of the molecule is Cc1nc2ccccc2n2cnc(-c3nc(C4CC4)no3)c12. The summed E-state index contributed by atoms with van der Waals surface area (Å²) in [6.45, 7) is 1.98. The van der Waals surface area contributed by atoms with Crippen molar-refractivity contribution < 1.29 is 4.52 Å². The van der Waals surface area contributed by atoms with Crippen molar-refractivity contribution in [3.05, 3.63) is 42.1 Å². The first kappa shape index (κ1) is 11.9.